The smallest absolute Gasteiger partial charge is 0.181 e. The van der Waals surface area contributed by atoms with Crippen LogP contribution in [0.3, 0.4) is 0 Å². The molecule has 0 saturated heterocycles. The predicted octanol–water partition coefficient (Wildman–Crippen LogP) is 15.7. The number of hydrogen-bond acceptors (Lipinski definition) is 13. The molecule has 0 radical (unpaired) electrons. The summed E-state index contributed by atoms with van der Waals surface area (Å²) in [5.74, 6) is 5.21. The molecule has 3 aliphatic heterocycles. The van der Waals surface area contributed by atoms with Crippen LogP contribution in [0.2, 0.25) is 0 Å². The first-order valence-corrected chi connectivity index (χ1v) is 26.5. The Balaban J connectivity index is 0.938. The fourth-order valence-electron chi connectivity index (χ4n) is 7.71. The second kappa shape index (κ2) is 18.0. The molecule has 10 rings (SSSR count). The number of ether oxygens (including phenoxy) is 6. The van der Waals surface area contributed by atoms with E-state index in [4.69, 9.17) is 28.4 Å². The van der Waals surface area contributed by atoms with Crippen LogP contribution in [0.5, 0.6) is 34.5 Å². The molecule has 0 unspecified atom stereocenters. The molecule has 0 aromatic carbocycles. The Morgan fingerprint density at radius 2 is 0.593 bits per heavy atom. The van der Waals surface area contributed by atoms with Crippen LogP contribution in [0.1, 0.15) is 75.0 Å². The summed E-state index contributed by atoms with van der Waals surface area (Å²) in [6, 6.07) is 18.0. The Kier molecular flexibility index (Phi) is 12.1. The first-order chi connectivity index (χ1) is 29.2. The van der Waals surface area contributed by atoms with Gasteiger partial charge in [0.1, 0.15) is 39.6 Å². The minimum absolute atomic E-state index is 0.531. The molecular weight excluding hydrogens is 873 g/mol. The fourth-order valence-corrected chi connectivity index (χ4v) is 16.0. The predicted molar refractivity (Wildman–Crippen MR) is 253 cm³/mol. The molecule has 6 nitrogen and oxygen atoms in total. The van der Waals surface area contributed by atoms with Gasteiger partial charge in [0.05, 0.1) is 29.3 Å². The third-order valence-electron chi connectivity index (χ3n) is 10.6. The molecule has 0 aliphatic carbocycles. The fraction of sp³-hybridized carbons (Fsp3) is 0.391. The van der Waals surface area contributed by atoms with E-state index < -0.39 is 0 Å². The molecule has 0 atom stereocenters. The van der Waals surface area contributed by atoms with E-state index in [-0.39, 0.29) is 0 Å². The van der Waals surface area contributed by atoms with Gasteiger partial charge in [0.25, 0.3) is 0 Å². The number of thiophene rings is 7. The van der Waals surface area contributed by atoms with Gasteiger partial charge in [-0.05, 0) is 74.2 Å². The van der Waals surface area contributed by atoms with E-state index in [9.17, 15) is 0 Å². The Morgan fingerprint density at radius 1 is 0.322 bits per heavy atom. The molecule has 0 N–H and O–H groups in total. The van der Waals surface area contributed by atoms with Crippen LogP contribution < -0.4 is 28.4 Å². The quantitative estimate of drug-likeness (QED) is 0.0900. The van der Waals surface area contributed by atoms with E-state index in [0.717, 1.165) is 76.6 Å². The van der Waals surface area contributed by atoms with E-state index in [1.807, 2.05) is 22.7 Å². The van der Waals surface area contributed by atoms with Crippen molar-refractivity contribution < 1.29 is 28.4 Å². The molecular formula is C46H46O6S7. The Bertz CT molecular complexity index is 2370. The minimum Gasteiger partial charge on any atom is -0.485 e. The lowest BCUT2D eigenvalue weighted by molar-refractivity contribution is 0.175. The molecule has 10 heterocycles. The summed E-state index contributed by atoms with van der Waals surface area (Å²) < 4.78 is 38.1. The van der Waals surface area contributed by atoms with Crippen molar-refractivity contribution in [3.63, 3.8) is 0 Å². The summed E-state index contributed by atoms with van der Waals surface area (Å²) in [5, 5.41) is 0. The van der Waals surface area contributed by atoms with E-state index in [0.29, 0.717) is 39.6 Å². The van der Waals surface area contributed by atoms with Crippen LogP contribution in [0, 0.1) is 0 Å². The largest absolute Gasteiger partial charge is 0.485 e. The second-order valence-corrected chi connectivity index (χ2v) is 22.4. The average molecular weight is 919 g/mol. The van der Waals surface area contributed by atoms with E-state index in [2.05, 4.69) is 62.4 Å². The zero-order chi connectivity index (χ0) is 39.7. The number of fused-ring (bicyclic) bond motifs is 3. The second-order valence-electron chi connectivity index (χ2n) is 14.8. The van der Waals surface area contributed by atoms with Gasteiger partial charge in [0.15, 0.2) is 34.5 Å². The van der Waals surface area contributed by atoms with Gasteiger partial charge in [-0.15, -0.1) is 79.4 Å². The monoisotopic (exact) mass is 918 g/mol. The minimum atomic E-state index is 0.531. The van der Waals surface area contributed by atoms with Crippen molar-refractivity contribution in [2.24, 2.45) is 0 Å². The topological polar surface area (TPSA) is 55.4 Å². The van der Waals surface area contributed by atoms with Gasteiger partial charge in [-0.3, -0.25) is 0 Å². The SMILES string of the molecule is CCCCCCc1ccc(-c2sc(-c3ccc(-c4sc(-c5ccc(-c6sc(-c7ccc(CCCCCC)s7)c7c6OCCO7)s5)c5c4OCCO5)s3)c3c2OCCO3)s1. The zero-order valence-corrected chi connectivity index (χ0v) is 39.0. The van der Waals surface area contributed by atoms with Crippen molar-refractivity contribution in [1.29, 1.82) is 0 Å². The maximum Gasteiger partial charge on any atom is 0.181 e. The summed E-state index contributed by atoms with van der Waals surface area (Å²) in [4.78, 5) is 16.9. The van der Waals surface area contributed by atoms with Crippen LogP contribution >= 0.6 is 79.4 Å². The summed E-state index contributed by atoms with van der Waals surface area (Å²) in [6.07, 6.45) is 12.5. The molecule has 0 saturated carbocycles. The molecule has 7 aromatic rings. The summed E-state index contributed by atoms with van der Waals surface area (Å²) >= 11 is 12.7. The van der Waals surface area contributed by atoms with E-state index in [1.54, 1.807) is 56.7 Å². The zero-order valence-electron chi connectivity index (χ0n) is 33.2. The van der Waals surface area contributed by atoms with Crippen LogP contribution in [0.15, 0.2) is 48.5 Å². The van der Waals surface area contributed by atoms with Crippen LogP contribution in [-0.2, 0) is 12.8 Å². The summed E-state index contributed by atoms with van der Waals surface area (Å²) in [7, 11) is 0. The number of rotatable bonds is 16. The maximum atomic E-state index is 6.40. The Hall–Kier alpha value is -3.30. The molecule has 0 bridgehead atoms. The van der Waals surface area contributed by atoms with Crippen molar-refractivity contribution in [1.82, 2.24) is 0 Å². The van der Waals surface area contributed by atoms with E-state index >= 15 is 0 Å². The normalized spacial score (nSPS) is 14.3. The van der Waals surface area contributed by atoms with Crippen molar-refractivity contribution >= 4 is 79.4 Å². The third kappa shape index (κ3) is 8.01. The Morgan fingerprint density at radius 3 is 0.881 bits per heavy atom. The van der Waals surface area contributed by atoms with Crippen molar-refractivity contribution in [3.05, 3.63) is 58.3 Å². The average Bonchev–Trinajstić information content (AvgIpc) is 4.13. The van der Waals surface area contributed by atoms with Gasteiger partial charge < -0.3 is 28.4 Å². The molecule has 0 spiro atoms. The van der Waals surface area contributed by atoms with E-state index in [1.165, 1.54) is 90.4 Å². The maximum absolute atomic E-state index is 6.40. The van der Waals surface area contributed by atoms with Crippen molar-refractivity contribution in [2.45, 2.75) is 78.1 Å². The molecule has 0 fully saturated rings. The van der Waals surface area contributed by atoms with Gasteiger partial charge in [0, 0.05) is 39.0 Å². The number of hydrogen-bond donors (Lipinski definition) is 0. The summed E-state index contributed by atoms with van der Waals surface area (Å²) in [6.45, 7) is 7.84. The first kappa shape index (κ1) is 39.8. The number of unbranched alkanes of at least 4 members (excludes halogenated alkanes) is 6. The molecule has 3 aliphatic rings. The van der Waals surface area contributed by atoms with Gasteiger partial charge in [-0.1, -0.05) is 52.4 Å². The van der Waals surface area contributed by atoms with Crippen molar-refractivity contribution in [3.8, 4) is 93.0 Å². The molecule has 7 aromatic heterocycles. The van der Waals surface area contributed by atoms with Gasteiger partial charge in [-0.2, -0.15) is 0 Å². The number of aryl methyl sites for hydroxylation is 2. The highest BCUT2D eigenvalue weighted by Crippen LogP contribution is 2.61. The molecule has 59 heavy (non-hydrogen) atoms. The first-order valence-electron chi connectivity index (χ1n) is 20.8. The highest BCUT2D eigenvalue weighted by Gasteiger charge is 2.32. The van der Waals surface area contributed by atoms with Gasteiger partial charge in [-0.25, -0.2) is 0 Å². The lowest BCUT2D eigenvalue weighted by Gasteiger charge is -2.17. The summed E-state index contributed by atoms with van der Waals surface area (Å²) in [5.41, 5.74) is 0. The van der Waals surface area contributed by atoms with Crippen molar-refractivity contribution in [2.75, 3.05) is 39.6 Å². The van der Waals surface area contributed by atoms with Gasteiger partial charge >= 0.3 is 0 Å². The van der Waals surface area contributed by atoms with Crippen LogP contribution in [0.4, 0.5) is 0 Å². The molecule has 0 amide bonds. The Labute approximate surface area is 373 Å². The lowest BCUT2D eigenvalue weighted by atomic mass is 10.1. The van der Waals surface area contributed by atoms with Gasteiger partial charge in [0.2, 0.25) is 0 Å². The highest BCUT2D eigenvalue weighted by atomic mass is 32.1. The molecule has 13 heteroatoms. The van der Waals surface area contributed by atoms with Crippen LogP contribution in [-0.4, -0.2) is 39.6 Å². The highest BCUT2D eigenvalue weighted by molar-refractivity contribution is 7.31. The van der Waals surface area contributed by atoms with Crippen LogP contribution in [0.25, 0.3) is 58.5 Å². The standard InChI is InChI=1S/C46H46O6S7/c1-3-5-7-9-11-27-13-15-29(53-27)41-35-37(49-23-21-47-35)43(57-41)31-17-19-33(55-31)45-39-40(52-26-25-51-39)46(59-45)34-20-18-32(56-34)44-38-36(48-22-24-50-38)42(58-44)30-16-14-28(54-30)12-10-8-6-4-2/h13-20H,3-12,21-26H2,1-2H3. The third-order valence-corrected chi connectivity index (χ3v) is 19.6. The molecule has 308 valence electrons. The lowest BCUT2D eigenvalue weighted by Crippen LogP contribution is -2.14.